The fourth-order valence-corrected chi connectivity index (χ4v) is 7.68. The second kappa shape index (κ2) is 11.6. The monoisotopic (exact) mass is 626 g/mol. The summed E-state index contributed by atoms with van der Waals surface area (Å²) in [5.74, 6) is -1.34. The van der Waals surface area contributed by atoms with E-state index in [0.29, 0.717) is 40.4 Å². The van der Waals surface area contributed by atoms with Gasteiger partial charge in [-0.2, -0.15) is 5.26 Å². The lowest BCUT2D eigenvalue weighted by molar-refractivity contribution is -0.131. The third-order valence-electron chi connectivity index (χ3n) is 10.0. The Morgan fingerprint density at radius 3 is 2.76 bits per heavy atom. The maximum Gasteiger partial charge on any atom is 0.282 e. The topological polar surface area (TPSA) is 77.1 Å². The number of nitriles is 1. The summed E-state index contributed by atoms with van der Waals surface area (Å²) >= 11 is 0. The first-order chi connectivity index (χ1) is 22.2. The number of fused-ring (bicyclic) bond motifs is 4. The number of likely N-dealkylation sites (N-methyl/N-ethyl adjacent to an activating group) is 1. The van der Waals surface area contributed by atoms with Crippen LogP contribution >= 0.6 is 0 Å². The molecule has 1 saturated carbocycles. The van der Waals surface area contributed by atoms with Gasteiger partial charge in [-0.3, -0.25) is 9.69 Å². The molecule has 3 heterocycles. The predicted molar refractivity (Wildman–Crippen MR) is 167 cm³/mol. The fraction of sp³-hybridized carbons (Fsp3) is 0.429. The summed E-state index contributed by atoms with van der Waals surface area (Å²) in [5, 5.41) is 10.9. The van der Waals surface area contributed by atoms with Gasteiger partial charge in [0.05, 0.1) is 11.2 Å². The molecular formula is C35H33F3N6O2. The number of nitrogens with zero attached hydrogens (tertiary/aromatic N) is 6. The average Bonchev–Trinajstić information content (AvgIpc) is 3.58. The zero-order valence-corrected chi connectivity index (χ0v) is 25.5. The second-order valence-corrected chi connectivity index (χ2v) is 12.9. The van der Waals surface area contributed by atoms with Crippen LogP contribution in [0.3, 0.4) is 0 Å². The molecule has 46 heavy (non-hydrogen) atoms. The van der Waals surface area contributed by atoms with Crippen molar-refractivity contribution in [3.8, 4) is 23.1 Å². The number of pyridine rings is 1. The van der Waals surface area contributed by atoms with Crippen LogP contribution in [-0.2, 0) is 11.2 Å². The van der Waals surface area contributed by atoms with Gasteiger partial charge in [0.1, 0.15) is 36.3 Å². The second-order valence-electron chi connectivity index (χ2n) is 12.9. The molecule has 1 amide bonds. The quantitative estimate of drug-likeness (QED) is 0.258. The molecule has 0 radical (unpaired) electrons. The maximum absolute atomic E-state index is 16.2. The van der Waals surface area contributed by atoms with Crippen LogP contribution in [-0.4, -0.2) is 85.3 Å². The van der Waals surface area contributed by atoms with Gasteiger partial charge in [-0.25, -0.2) is 24.7 Å². The van der Waals surface area contributed by atoms with Crippen molar-refractivity contribution < 1.29 is 22.7 Å². The molecule has 2 aromatic carbocycles. The standard InChI is InChI=1S/C35H33F3N6O2/c1-19(36)35(45)44-8-7-43(17-24(44)15-40-2)33-28-12-30(38)27(25-6-4-5-20-9-21-10-26(21)32(20)25)13-31(28)41-34(29(33)14-39)46-18-23-11-22(37)16-42(23)3/h4-6,12-13,21-24,26H,1,7-11,15-18H2,3H3/t21?,22-,23+,24+,26?/m1/s1. The van der Waals surface area contributed by atoms with Gasteiger partial charge in [-0.1, -0.05) is 24.8 Å². The number of amides is 1. The number of aromatic nitrogens is 1. The Balaban J connectivity index is 1.34. The molecule has 2 aliphatic heterocycles. The normalized spacial score (nSPS) is 25.1. The summed E-state index contributed by atoms with van der Waals surface area (Å²) in [6.45, 7) is 11.2. The average molecular weight is 627 g/mol. The van der Waals surface area contributed by atoms with Crippen LogP contribution in [0.25, 0.3) is 26.9 Å². The van der Waals surface area contributed by atoms with Gasteiger partial charge in [0.2, 0.25) is 12.4 Å². The van der Waals surface area contributed by atoms with E-state index < -0.39 is 29.8 Å². The highest BCUT2D eigenvalue weighted by Gasteiger charge is 2.46. The molecule has 4 aliphatic rings. The maximum atomic E-state index is 16.2. The Hall–Kier alpha value is -4.61. The highest BCUT2D eigenvalue weighted by molar-refractivity contribution is 5.99. The number of hydrogen-bond donors (Lipinski definition) is 0. The molecule has 0 spiro atoms. The molecule has 5 atom stereocenters. The van der Waals surface area contributed by atoms with Gasteiger partial charge >= 0.3 is 0 Å². The number of hydrogen-bond acceptors (Lipinski definition) is 6. The Morgan fingerprint density at radius 2 is 2.04 bits per heavy atom. The van der Waals surface area contributed by atoms with E-state index in [1.165, 1.54) is 22.1 Å². The minimum absolute atomic E-state index is 0.0520. The highest BCUT2D eigenvalue weighted by atomic mass is 19.1. The van der Waals surface area contributed by atoms with Crippen molar-refractivity contribution >= 4 is 22.5 Å². The van der Waals surface area contributed by atoms with E-state index in [1.54, 1.807) is 6.07 Å². The van der Waals surface area contributed by atoms with Crippen molar-refractivity contribution in [1.29, 1.82) is 5.26 Å². The number of halogens is 3. The van der Waals surface area contributed by atoms with Crippen molar-refractivity contribution in [3.63, 3.8) is 0 Å². The third-order valence-corrected chi connectivity index (χ3v) is 10.0. The molecule has 11 heteroatoms. The summed E-state index contributed by atoms with van der Waals surface area (Å²) in [4.78, 5) is 25.8. The summed E-state index contributed by atoms with van der Waals surface area (Å²) in [6.07, 6.45) is 1.43. The van der Waals surface area contributed by atoms with E-state index in [2.05, 4.69) is 23.6 Å². The highest BCUT2D eigenvalue weighted by Crippen LogP contribution is 2.59. The van der Waals surface area contributed by atoms with Crippen molar-refractivity contribution in [2.75, 3.05) is 51.3 Å². The lowest BCUT2D eigenvalue weighted by atomic mass is 9.92. The first-order valence-corrected chi connectivity index (χ1v) is 15.6. The molecule has 2 unspecified atom stereocenters. The largest absolute Gasteiger partial charge is 0.475 e. The number of carbonyl (C=O) groups excluding carboxylic acids is 1. The van der Waals surface area contributed by atoms with Crippen LogP contribution in [0.5, 0.6) is 5.88 Å². The number of ether oxygens (including phenoxy) is 1. The lowest BCUT2D eigenvalue weighted by Crippen LogP contribution is -2.56. The first kappa shape index (κ1) is 30.1. The van der Waals surface area contributed by atoms with Gasteiger partial charge in [0, 0.05) is 43.2 Å². The third kappa shape index (κ3) is 5.13. The van der Waals surface area contributed by atoms with E-state index in [0.717, 1.165) is 18.4 Å². The van der Waals surface area contributed by atoms with Crippen molar-refractivity contribution in [1.82, 2.24) is 14.8 Å². The van der Waals surface area contributed by atoms with E-state index in [4.69, 9.17) is 16.3 Å². The smallest absolute Gasteiger partial charge is 0.282 e. The molecule has 3 fully saturated rings. The van der Waals surface area contributed by atoms with Crippen molar-refractivity contribution in [2.24, 2.45) is 5.92 Å². The van der Waals surface area contributed by atoms with E-state index in [9.17, 15) is 18.8 Å². The molecule has 0 bridgehead atoms. The van der Waals surface area contributed by atoms with Crippen LogP contribution in [0.2, 0.25) is 0 Å². The van der Waals surface area contributed by atoms with Crippen molar-refractivity contribution in [2.45, 2.75) is 43.4 Å². The molecule has 0 N–H and O–H groups in total. The molecule has 1 aromatic heterocycles. The Morgan fingerprint density at radius 1 is 1.22 bits per heavy atom. The Bertz CT molecular complexity index is 1850. The fourth-order valence-electron chi connectivity index (χ4n) is 7.68. The SMILES string of the molecule is [C-]#[N+]C[C@H]1CN(c2c(C#N)c(OC[C@@H]3C[C@@H](F)CN3C)nc3cc(-c4cccc5c4C4CC4C5)c(F)cc23)CCN1C(=O)C(=C)F. The van der Waals surface area contributed by atoms with Crippen LogP contribution in [0.15, 0.2) is 42.7 Å². The number of anilines is 1. The van der Waals surface area contributed by atoms with Crippen LogP contribution in [0, 0.1) is 29.6 Å². The number of piperazine rings is 1. The zero-order chi connectivity index (χ0) is 32.3. The molecule has 3 aromatic rings. The van der Waals surface area contributed by atoms with Crippen LogP contribution in [0.4, 0.5) is 18.9 Å². The molecule has 2 aliphatic carbocycles. The Kier molecular flexibility index (Phi) is 7.60. The molecular weight excluding hydrogens is 593 g/mol. The predicted octanol–water partition coefficient (Wildman–Crippen LogP) is 5.41. The summed E-state index contributed by atoms with van der Waals surface area (Å²) in [6, 6.07) is 10.4. The van der Waals surface area contributed by atoms with Gasteiger partial charge in [-0.05, 0) is 67.0 Å². The number of rotatable bonds is 7. The van der Waals surface area contributed by atoms with E-state index in [1.807, 2.05) is 29.0 Å². The summed E-state index contributed by atoms with van der Waals surface area (Å²) in [5.41, 5.74) is 4.57. The van der Waals surface area contributed by atoms with E-state index >= 15 is 4.39 Å². The van der Waals surface area contributed by atoms with Gasteiger partial charge in [0.15, 0.2) is 5.83 Å². The first-order valence-electron chi connectivity index (χ1n) is 15.6. The zero-order valence-electron chi connectivity index (χ0n) is 25.5. The van der Waals surface area contributed by atoms with Gasteiger partial charge < -0.3 is 19.4 Å². The molecule has 7 rings (SSSR count). The number of carbonyl (C=O) groups is 1. The van der Waals surface area contributed by atoms with E-state index in [-0.39, 0.29) is 56.8 Å². The summed E-state index contributed by atoms with van der Waals surface area (Å²) in [7, 11) is 1.82. The molecule has 2 saturated heterocycles. The molecule has 8 nitrogen and oxygen atoms in total. The Labute approximate surface area is 265 Å². The summed E-state index contributed by atoms with van der Waals surface area (Å²) < 4.78 is 50.4. The number of benzene rings is 2. The lowest BCUT2D eigenvalue weighted by Gasteiger charge is -2.40. The number of likely N-dealkylation sites (tertiary alicyclic amines) is 1. The molecule has 236 valence electrons. The minimum Gasteiger partial charge on any atom is -0.475 e. The number of alkyl halides is 1. The van der Waals surface area contributed by atoms with Gasteiger partial charge in [0.25, 0.3) is 5.91 Å². The van der Waals surface area contributed by atoms with Crippen LogP contribution < -0.4 is 9.64 Å². The van der Waals surface area contributed by atoms with Crippen molar-refractivity contribution in [3.05, 3.63) is 76.7 Å². The van der Waals surface area contributed by atoms with Gasteiger partial charge in [-0.15, -0.1) is 0 Å². The minimum atomic E-state index is -1.11. The van der Waals surface area contributed by atoms with Crippen LogP contribution in [0.1, 0.15) is 35.4 Å².